The standard InChI is InChI=1S/C37H36N4O5/c1-5-6-19-46-30-14-10-11-27(21-30)35-28(24-41(39-35)29-12-8-7-9-13-29)22-31-25(2)32(23-38)37(43)40(36(31)42)18-17-26-15-16-33(44-3)34(20-26)45-4/h7-16,20-22,24H,5-6,17-19H2,1-4H3/b31-22+. The molecule has 46 heavy (non-hydrogen) atoms. The fraction of sp³-hybridized carbons (Fsp3) is 0.243. The average molecular weight is 617 g/mol. The van der Waals surface area contributed by atoms with Crippen LogP contribution in [0, 0.1) is 11.3 Å². The second kappa shape index (κ2) is 14.4. The number of rotatable bonds is 12. The summed E-state index contributed by atoms with van der Waals surface area (Å²) in [6.45, 7) is 4.44. The second-order valence-electron chi connectivity index (χ2n) is 10.8. The number of ether oxygens (including phenoxy) is 3. The Bertz CT molecular complexity index is 1850. The highest BCUT2D eigenvalue weighted by Gasteiger charge is 2.35. The number of hydrogen-bond acceptors (Lipinski definition) is 7. The third-order valence-corrected chi connectivity index (χ3v) is 7.83. The number of amides is 2. The van der Waals surface area contributed by atoms with Crippen LogP contribution in [0.3, 0.4) is 0 Å². The number of unbranched alkanes of at least 4 members (excludes halogenated alkanes) is 1. The predicted octanol–water partition coefficient (Wildman–Crippen LogP) is 6.57. The van der Waals surface area contributed by atoms with Gasteiger partial charge in [0.25, 0.3) is 11.8 Å². The zero-order valence-electron chi connectivity index (χ0n) is 26.4. The van der Waals surface area contributed by atoms with Gasteiger partial charge < -0.3 is 14.2 Å². The number of methoxy groups -OCH3 is 2. The molecule has 4 aromatic rings. The van der Waals surface area contributed by atoms with Crippen molar-refractivity contribution < 1.29 is 23.8 Å². The minimum Gasteiger partial charge on any atom is -0.494 e. The van der Waals surface area contributed by atoms with Gasteiger partial charge in [0.05, 0.1) is 26.5 Å². The summed E-state index contributed by atoms with van der Waals surface area (Å²) in [6.07, 6.45) is 5.90. The molecule has 0 saturated carbocycles. The van der Waals surface area contributed by atoms with E-state index in [0.717, 1.165) is 40.3 Å². The van der Waals surface area contributed by atoms with Gasteiger partial charge in [0.1, 0.15) is 23.1 Å². The number of para-hydroxylation sites is 1. The molecule has 9 heteroatoms. The fourth-order valence-electron chi connectivity index (χ4n) is 5.26. The Morgan fingerprint density at radius 3 is 2.43 bits per heavy atom. The van der Waals surface area contributed by atoms with Crippen LogP contribution in [-0.4, -0.2) is 53.9 Å². The van der Waals surface area contributed by atoms with Gasteiger partial charge in [-0.2, -0.15) is 10.4 Å². The van der Waals surface area contributed by atoms with E-state index in [9.17, 15) is 14.9 Å². The van der Waals surface area contributed by atoms with Crippen LogP contribution in [0.4, 0.5) is 0 Å². The first kappa shape index (κ1) is 31.8. The van der Waals surface area contributed by atoms with E-state index in [2.05, 4.69) is 6.92 Å². The van der Waals surface area contributed by atoms with Crippen molar-refractivity contribution in [1.82, 2.24) is 14.7 Å². The molecule has 0 saturated heterocycles. The van der Waals surface area contributed by atoms with Crippen LogP contribution in [-0.2, 0) is 16.0 Å². The SMILES string of the molecule is CCCCOc1cccc(-c2nn(-c3ccccc3)cc2/C=C2/C(=O)N(CCc3ccc(OC)c(OC)c3)C(=O)C(C#N)=C2C)c1. The monoisotopic (exact) mass is 616 g/mol. The van der Waals surface area contributed by atoms with Crippen LogP contribution in [0.15, 0.2) is 95.7 Å². The zero-order chi connectivity index (χ0) is 32.6. The van der Waals surface area contributed by atoms with Crippen molar-refractivity contribution in [1.29, 1.82) is 5.26 Å². The molecule has 5 rings (SSSR count). The number of carbonyl (C=O) groups is 2. The largest absolute Gasteiger partial charge is 0.494 e. The molecule has 0 aliphatic carbocycles. The van der Waals surface area contributed by atoms with Crippen LogP contribution in [0.5, 0.6) is 17.2 Å². The third kappa shape index (κ3) is 6.71. The molecule has 0 spiro atoms. The van der Waals surface area contributed by atoms with Gasteiger partial charge in [-0.3, -0.25) is 14.5 Å². The molecule has 2 heterocycles. The van der Waals surface area contributed by atoms with Crippen molar-refractivity contribution in [3.63, 3.8) is 0 Å². The lowest BCUT2D eigenvalue weighted by Gasteiger charge is -2.27. The van der Waals surface area contributed by atoms with Gasteiger partial charge in [0, 0.05) is 29.4 Å². The Balaban J connectivity index is 1.54. The molecule has 1 aliphatic rings. The number of carbonyl (C=O) groups excluding carboxylic acids is 2. The van der Waals surface area contributed by atoms with E-state index in [0.29, 0.717) is 41.4 Å². The van der Waals surface area contributed by atoms with Gasteiger partial charge in [-0.05, 0) is 73.4 Å². The summed E-state index contributed by atoms with van der Waals surface area (Å²) < 4.78 is 18.4. The topological polar surface area (TPSA) is 107 Å². The molecule has 0 radical (unpaired) electrons. The van der Waals surface area contributed by atoms with E-state index in [4.69, 9.17) is 19.3 Å². The van der Waals surface area contributed by atoms with Crippen molar-refractivity contribution >= 4 is 17.9 Å². The lowest BCUT2D eigenvalue weighted by atomic mass is 9.93. The Hall–Kier alpha value is -5.62. The first-order chi connectivity index (χ1) is 22.4. The molecular formula is C37H36N4O5. The number of nitrogens with zero attached hydrogens (tertiary/aromatic N) is 4. The summed E-state index contributed by atoms with van der Waals surface area (Å²) in [5.74, 6) is 0.768. The fourth-order valence-corrected chi connectivity index (χ4v) is 5.26. The highest BCUT2D eigenvalue weighted by atomic mass is 16.5. The van der Waals surface area contributed by atoms with Crippen LogP contribution < -0.4 is 14.2 Å². The van der Waals surface area contributed by atoms with E-state index < -0.39 is 11.8 Å². The summed E-state index contributed by atoms with van der Waals surface area (Å²) in [4.78, 5) is 28.5. The van der Waals surface area contributed by atoms with E-state index in [-0.39, 0.29) is 17.7 Å². The van der Waals surface area contributed by atoms with Gasteiger partial charge in [-0.1, -0.05) is 49.7 Å². The smallest absolute Gasteiger partial charge is 0.271 e. The maximum Gasteiger partial charge on any atom is 0.271 e. The molecule has 1 aromatic heterocycles. The lowest BCUT2D eigenvalue weighted by Crippen LogP contribution is -2.43. The van der Waals surface area contributed by atoms with Gasteiger partial charge >= 0.3 is 0 Å². The number of imide groups is 1. The van der Waals surface area contributed by atoms with E-state index >= 15 is 0 Å². The summed E-state index contributed by atoms with van der Waals surface area (Å²) >= 11 is 0. The van der Waals surface area contributed by atoms with Gasteiger partial charge in [-0.15, -0.1) is 0 Å². The molecule has 0 bridgehead atoms. The number of aromatic nitrogens is 2. The lowest BCUT2D eigenvalue weighted by molar-refractivity contribution is -0.140. The Morgan fingerprint density at radius 2 is 1.72 bits per heavy atom. The minimum absolute atomic E-state index is 0.0681. The highest BCUT2D eigenvalue weighted by Crippen LogP contribution is 2.33. The molecule has 0 N–H and O–H groups in total. The summed E-state index contributed by atoms with van der Waals surface area (Å²) in [5.41, 5.74) is 4.30. The molecule has 234 valence electrons. The Labute approximate surface area is 268 Å². The van der Waals surface area contributed by atoms with Gasteiger partial charge in [0.2, 0.25) is 0 Å². The molecule has 2 amide bonds. The molecular weight excluding hydrogens is 580 g/mol. The number of hydrogen-bond donors (Lipinski definition) is 0. The van der Waals surface area contributed by atoms with Crippen molar-refractivity contribution in [3.05, 3.63) is 107 Å². The zero-order valence-corrected chi connectivity index (χ0v) is 26.4. The van der Waals surface area contributed by atoms with Crippen LogP contribution in [0.1, 0.15) is 37.8 Å². The van der Waals surface area contributed by atoms with E-state index in [1.807, 2.05) is 79.0 Å². The predicted molar refractivity (Wildman–Crippen MR) is 176 cm³/mol. The van der Waals surface area contributed by atoms with E-state index in [1.54, 1.807) is 38.0 Å². The van der Waals surface area contributed by atoms with Crippen LogP contribution in [0.25, 0.3) is 23.0 Å². The van der Waals surface area contributed by atoms with E-state index in [1.165, 1.54) is 0 Å². The molecule has 3 aromatic carbocycles. The molecule has 0 unspecified atom stereocenters. The summed E-state index contributed by atoms with van der Waals surface area (Å²) in [7, 11) is 3.11. The summed E-state index contributed by atoms with van der Waals surface area (Å²) in [6, 6.07) is 24.8. The molecule has 9 nitrogen and oxygen atoms in total. The van der Waals surface area contributed by atoms with Crippen LogP contribution >= 0.6 is 0 Å². The van der Waals surface area contributed by atoms with Crippen molar-refractivity contribution in [2.75, 3.05) is 27.4 Å². The average Bonchev–Trinajstić information content (AvgIpc) is 3.51. The van der Waals surface area contributed by atoms with Crippen molar-refractivity contribution in [2.45, 2.75) is 33.1 Å². The normalized spacial score (nSPS) is 14.1. The Morgan fingerprint density at radius 1 is 0.935 bits per heavy atom. The van der Waals surface area contributed by atoms with Crippen molar-refractivity contribution in [3.8, 4) is 40.3 Å². The number of nitriles is 1. The van der Waals surface area contributed by atoms with Gasteiger partial charge in [-0.25, -0.2) is 4.68 Å². The number of benzene rings is 3. The van der Waals surface area contributed by atoms with Crippen molar-refractivity contribution in [2.24, 2.45) is 0 Å². The maximum atomic E-state index is 14.0. The molecule has 0 atom stereocenters. The second-order valence-corrected chi connectivity index (χ2v) is 10.8. The molecule has 0 fully saturated rings. The molecule has 1 aliphatic heterocycles. The first-order valence-electron chi connectivity index (χ1n) is 15.2. The first-order valence-corrected chi connectivity index (χ1v) is 15.2. The quantitative estimate of drug-likeness (QED) is 0.101. The van der Waals surface area contributed by atoms with Crippen LogP contribution in [0.2, 0.25) is 0 Å². The maximum absolute atomic E-state index is 14.0. The third-order valence-electron chi connectivity index (χ3n) is 7.83. The minimum atomic E-state index is -0.611. The van der Waals surface area contributed by atoms with Gasteiger partial charge in [0.15, 0.2) is 11.5 Å². The Kier molecular flexibility index (Phi) is 9.98. The highest BCUT2D eigenvalue weighted by molar-refractivity contribution is 6.19. The summed E-state index contributed by atoms with van der Waals surface area (Å²) in [5, 5.41) is 14.9.